The maximum absolute atomic E-state index is 11.8. The van der Waals surface area contributed by atoms with Crippen molar-refractivity contribution in [1.29, 1.82) is 0 Å². The number of rotatable bonds is 37. The van der Waals surface area contributed by atoms with E-state index in [0.717, 1.165) is 25.8 Å². The topological polar surface area (TPSA) is 130 Å². The number of carbonyl (C=O) groups excluding carboxylic acids is 1. The smallest absolute Gasteiger partial charge is 0.326 e. The number of carbonyl (C=O) groups is 3. The Labute approximate surface area is 297 Å². The van der Waals surface area contributed by atoms with Crippen molar-refractivity contribution >= 4 is 17.8 Å². The van der Waals surface area contributed by atoms with Gasteiger partial charge in [0.05, 0.1) is 0 Å². The van der Waals surface area contributed by atoms with Gasteiger partial charge in [0.25, 0.3) is 0 Å². The van der Waals surface area contributed by atoms with Gasteiger partial charge in [0, 0.05) is 12.8 Å². The molecule has 0 bridgehead atoms. The van der Waals surface area contributed by atoms with Crippen molar-refractivity contribution in [1.82, 2.24) is 5.32 Å². The number of hydrogen-bond donors (Lipinski definition) is 4. The van der Waals surface area contributed by atoms with Crippen molar-refractivity contribution in [2.75, 3.05) is 6.54 Å². The molecule has 0 aliphatic heterocycles. The second-order valence-electron chi connectivity index (χ2n) is 14.2. The number of amides is 1. The fraction of sp³-hybridized carbons (Fsp3) is 0.927. The molecule has 7 heteroatoms. The first-order valence-electron chi connectivity index (χ1n) is 20.8. The number of carboxylic acid groups (broad SMARTS) is 2. The minimum atomic E-state index is -1.18. The van der Waals surface area contributed by atoms with E-state index in [1.165, 1.54) is 180 Å². The highest BCUT2D eigenvalue weighted by Gasteiger charge is 2.20. The van der Waals surface area contributed by atoms with Crippen molar-refractivity contribution in [2.45, 2.75) is 238 Å². The molecule has 286 valence electrons. The van der Waals surface area contributed by atoms with E-state index in [9.17, 15) is 14.4 Å². The van der Waals surface area contributed by atoms with Gasteiger partial charge in [-0.3, -0.25) is 9.59 Å². The fourth-order valence-corrected chi connectivity index (χ4v) is 6.14. The van der Waals surface area contributed by atoms with Crippen molar-refractivity contribution < 1.29 is 24.6 Å². The molecule has 0 aromatic rings. The van der Waals surface area contributed by atoms with Gasteiger partial charge in [0.15, 0.2) is 0 Å². The summed E-state index contributed by atoms with van der Waals surface area (Å²) in [7, 11) is 0. The molecular weight excluding hydrogens is 600 g/mol. The van der Waals surface area contributed by atoms with E-state index in [1.807, 2.05) is 0 Å². The summed E-state index contributed by atoms with van der Waals surface area (Å²) in [5, 5.41) is 20.1. The zero-order valence-electron chi connectivity index (χ0n) is 32.0. The number of nitrogens with two attached hydrogens (primary N) is 1. The molecule has 1 atom stereocenters. The molecule has 0 radical (unpaired) electrons. The molecule has 0 aromatic carbocycles. The number of nitrogens with one attached hydrogen (secondary N) is 1. The van der Waals surface area contributed by atoms with Crippen LogP contribution in [0.1, 0.15) is 232 Å². The highest BCUT2D eigenvalue weighted by molar-refractivity contribution is 5.83. The molecule has 1 amide bonds. The van der Waals surface area contributed by atoms with Gasteiger partial charge in [-0.25, -0.2) is 4.79 Å². The molecule has 0 spiro atoms. The highest BCUT2D eigenvalue weighted by atomic mass is 16.4. The Morgan fingerprint density at radius 3 is 1.02 bits per heavy atom. The van der Waals surface area contributed by atoms with Gasteiger partial charge in [-0.15, -0.1) is 0 Å². The molecule has 0 saturated carbocycles. The van der Waals surface area contributed by atoms with E-state index in [0.29, 0.717) is 6.42 Å². The number of carboxylic acids is 2. The lowest BCUT2D eigenvalue weighted by Gasteiger charge is -2.13. The highest BCUT2D eigenvalue weighted by Crippen LogP contribution is 2.15. The third kappa shape index (κ3) is 42.4. The van der Waals surface area contributed by atoms with E-state index in [2.05, 4.69) is 19.2 Å². The Hall–Kier alpha value is -1.63. The normalized spacial score (nSPS) is 11.6. The lowest BCUT2D eigenvalue weighted by molar-refractivity contribution is -0.143. The van der Waals surface area contributed by atoms with Crippen LogP contribution in [0.25, 0.3) is 0 Å². The maximum atomic E-state index is 11.8. The van der Waals surface area contributed by atoms with Gasteiger partial charge in [-0.1, -0.05) is 200 Å². The van der Waals surface area contributed by atoms with Crippen molar-refractivity contribution in [3.63, 3.8) is 0 Å². The molecule has 48 heavy (non-hydrogen) atoms. The van der Waals surface area contributed by atoms with E-state index >= 15 is 0 Å². The second kappa shape index (κ2) is 41.5. The van der Waals surface area contributed by atoms with Gasteiger partial charge in [0.1, 0.15) is 6.04 Å². The van der Waals surface area contributed by atoms with Gasteiger partial charge in [-0.05, 0) is 25.8 Å². The van der Waals surface area contributed by atoms with E-state index in [4.69, 9.17) is 15.9 Å². The Bertz CT molecular complexity index is 672. The minimum Gasteiger partial charge on any atom is -0.481 e. The predicted octanol–water partition coefficient (Wildman–Crippen LogP) is 11.9. The quantitative estimate of drug-likeness (QED) is 0.0482. The van der Waals surface area contributed by atoms with Gasteiger partial charge in [-0.2, -0.15) is 0 Å². The van der Waals surface area contributed by atoms with Gasteiger partial charge in [0.2, 0.25) is 5.91 Å². The summed E-state index contributed by atoms with van der Waals surface area (Å²) in [4.78, 5) is 33.4. The Morgan fingerprint density at radius 2 is 0.750 bits per heavy atom. The summed E-state index contributed by atoms with van der Waals surface area (Å²) in [6, 6.07) is -1.12. The van der Waals surface area contributed by atoms with Crippen LogP contribution < -0.4 is 11.1 Å². The summed E-state index contributed by atoms with van der Waals surface area (Å²) in [5.74, 6) is -2.55. The van der Waals surface area contributed by atoms with Crippen LogP contribution in [-0.2, 0) is 14.4 Å². The third-order valence-electron chi connectivity index (χ3n) is 9.35. The summed E-state index contributed by atoms with van der Waals surface area (Å²) < 4.78 is 0. The van der Waals surface area contributed by atoms with Crippen LogP contribution >= 0.6 is 0 Å². The second-order valence-corrected chi connectivity index (χ2v) is 14.2. The molecule has 0 aliphatic rings. The summed E-state index contributed by atoms with van der Waals surface area (Å²) in [6.07, 6.45) is 41.6. The molecule has 0 fully saturated rings. The SMILES string of the molecule is CCCCCCCCCCCCCCCCCC(=O)N[C@@H](CCC(=O)O)C(=O)O.CCCCCCCCCCCCCCCCCCN. The molecule has 0 heterocycles. The summed E-state index contributed by atoms with van der Waals surface area (Å²) in [5.41, 5.74) is 5.48. The first kappa shape index (κ1) is 48.5. The van der Waals surface area contributed by atoms with Crippen LogP contribution in [0.3, 0.4) is 0 Å². The predicted molar refractivity (Wildman–Crippen MR) is 205 cm³/mol. The summed E-state index contributed by atoms with van der Waals surface area (Å²) >= 11 is 0. The van der Waals surface area contributed by atoms with E-state index in [1.54, 1.807) is 0 Å². The zero-order valence-corrected chi connectivity index (χ0v) is 32.0. The first-order chi connectivity index (χ1) is 23.4. The Morgan fingerprint density at radius 1 is 0.458 bits per heavy atom. The van der Waals surface area contributed by atoms with E-state index < -0.39 is 18.0 Å². The maximum Gasteiger partial charge on any atom is 0.326 e. The van der Waals surface area contributed by atoms with E-state index in [-0.39, 0.29) is 18.7 Å². The molecule has 0 unspecified atom stereocenters. The molecule has 7 nitrogen and oxygen atoms in total. The summed E-state index contributed by atoms with van der Waals surface area (Å²) in [6.45, 7) is 5.41. The largest absolute Gasteiger partial charge is 0.481 e. The lowest BCUT2D eigenvalue weighted by Crippen LogP contribution is -2.41. The van der Waals surface area contributed by atoms with Crippen LogP contribution in [0.15, 0.2) is 0 Å². The number of aliphatic carboxylic acids is 2. The van der Waals surface area contributed by atoms with Crippen molar-refractivity contribution in [2.24, 2.45) is 5.73 Å². The van der Waals surface area contributed by atoms with Gasteiger partial charge >= 0.3 is 11.9 Å². The fourth-order valence-electron chi connectivity index (χ4n) is 6.14. The van der Waals surface area contributed by atoms with Crippen molar-refractivity contribution in [3.8, 4) is 0 Å². The van der Waals surface area contributed by atoms with Crippen molar-refractivity contribution in [3.05, 3.63) is 0 Å². The Balaban J connectivity index is 0. The molecule has 0 aliphatic carbocycles. The van der Waals surface area contributed by atoms with Crippen LogP contribution in [0.2, 0.25) is 0 Å². The number of hydrogen-bond acceptors (Lipinski definition) is 4. The van der Waals surface area contributed by atoms with Crippen LogP contribution in [0.4, 0.5) is 0 Å². The third-order valence-corrected chi connectivity index (χ3v) is 9.35. The average Bonchev–Trinajstić information content (AvgIpc) is 3.06. The molecule has 0 aromatic heterocycles. The monoisotopic (exact) mass is 683 g/mol. The first-order valence-corrected chi connectivity index (χ1v) is 20.8. The Kier molecular flexibility index (Phi) is 42.0. The standard InChI is InChI=1S/C23H43NO5.C18H39N/c1-2-3-4-5-6-7-8-9-10-11-12-13-14-15-16-17-21(25)24-20(23(28)29)18-19-22(26)27;1-2-3-4-5-6-7-8-9-10-11-12-13-14-15-16-17-18-19/h20H,2-19H2,1H3,(H,24,25)(H,26,27)(H,28,29);2-19H2,1H3/t20-;/m0./s1. The minimum absolute atomic E-state index is 0.0880. The lowest BCUT2D eigenvalue weighted by atomic mass is 10.0. The van der Waals surface area contributed by atoms with Crippen LogP contribution in [0.5, 0.6) is 0 Å². The zero-order chi connectivity index (χ0) is 35.8. The molecule has 5 N–H and O–H groups in total. The molecular formula is C41H82N2O5. The average molecular weight is 683 g/mol. The molecule has 0 rings (SSSR count). The van der Waals surface area contributed by atoms with Crippen LogP contribution in [-0.4, -0.2) is 40.6 Å². The number of unbranched alkanes of at least 4 members (excludes halogenated alkanes) is 29. The molecule has 0 saturated heterocycles. The van der Waals surface area contributed by atoms with Crippen LogP contribution in [0, 0.1) is 0 Å². The van der Waals surface area contributed by atoms with Gasteiger partial charge < -0.3 is 21.3 Å².